The number of carboxylic acids is 1. The molecule has 0 saturated heterocycles. The van der Waals surface area contributed by atoms with Crippen LogP contribution in [0.2, 0.25) is 0 Å². The molecule has 0 amide bonds. The maximum Gasteiger partial charge on any atom is 0.334 e. The SMILES string of the molecule is CC[C@@H](C)C(=O)O[C@H]1C=C(C(=O)O)[C@H](CCC2=CCOC2=O)[C@@]2(C)CCCC(C)(C)[C@H]12. The molecule has 172 valence electrons. The number of rotatable bonds is 7. The molecule has 6 nitrogen and oxygen atoms in total. The molecule has 1 aliphatic heterocycles. The molecular formula is C25H36O6. The van der Waals surface area contributed by atoms with Gasteiger partial charge in [-0.25, -0.2) is 9.59 Å². The number of aliphatic carboxylic acids is 1. The van der Waals surface area contributed by atoms with Gasteiger partial charge in [-0.1, -0.05) is 41.0 Å². The van der Waals surface area contributed by atoms with Crippen LogP contribution < -0.4 is 0 Å². The van der Waals surface area contributed by atoms with Gasteiger partial charge in [0.15, 0.2) is 0 Å². The van der Waals surface area contributed by atoms with Crippen molar-refractivity contribution in [3.05, 3.63) is 23.3 Å². The molecule has 0 aromatic carbocycles. The summed E-state index contributed by atoms with van der Waals surface area (Å²) in [7, 11) is 0. The van der Waals surface area contributed by atoms with Crippen molar-refractivity contribution in [2.75, 3.05) is 6.61 Å². The lowest BCUT2D eigenvalue weighted by Crippen LogP contribution is -2.56. The number of esters is 2. The van der Waals surface area contributed by atoms with Crippen LogP contribution in [0.1, 0.15) is 73.1 Å². The molecule has 0 spiro atoms. The molecule has 3 rings (SSSR count). The fraction of sp³-hybridized carbons (Fsp3) is 0.720. The highest BCUT2D eigenvalue weighted by Gasteiger charge is 2.58. The monoisotopic (exact) mass is 432 g/mol. The van der Waals surface area contributed by atoms with Gasteiger partial charge in [-0.05, 0) is 61.0 Å². The molecule has 1 saturated carbocycles. The van der Waals surface area contributed by atoms with Crippen LogP contribution in [0.4, 0.5) is 0 Å². The zero-order chi connectivity index (χ0) is 23.0. The van der Waals surface area contributed by atoms with Crippen molar-refractivity contribution in [1.82, 2.24) is 0 Å². The van der Waals surface area contributed by atoms with Gasteiger partial charge in [0.05, 0.1) is 5.92 Å². The smallest absolute Gasteiger partial charge is 0.334 e. The Labute approximate surface area is 185 Å². The second-order valence-corrected chi connectivity index (χ2v) is 10.4. The molecule has 0 unspecified atom stereocenters. The van der Waals surface area contributed by atoms with Gasteiger partial charge in [0.2, 0.25) is 0 Å². The molecule has 1 fully saturated rings. The first-order valence-electron chi connectivity index (χ1n) is 11.5. The highest BCUT2D eigenvalue weighted by atomic mass is 16.5. The van der Waals surface area contributed by atoms with Crippen molar-refractivity contribution in [1.29, 1.82) is 0 Å². The van der Waals surface area contributed by atoms with Gasteiger partial charge >= 0.3 is 17.9 Å². The van der Waals surface area contributed by atoms with E-state index in [-0.39, 0.29) is 40.5 Å². The maximum absolute atomic E-state index is 12.7. The predicted octanol–water partition coefficient (Wildman–Crippen LogP) is 4.68. The topological polar surface area (TPSA) is 89.9 Å². The number of carbonyl (C=O) groups is 3. The third-order valence-electron chi connectivity index (χ3n) is 7.96. The summed E-state index contributed by atoms with van der Waals surface area (Å²) < 4.78 is 11.0. The Kier molecular flexibility index (Phi) is 6.68. The van der Waals surface area contributed by atoms with Crippen molar-refractivity contribution < 1.29 is 29.0 Å². The number of hydrogen-bond donors (Lipinski definition) is 1. The first kappa shape index (κ1) is 23.6. The third-order valence-corrected chi connectivity index (χ3v) is 7.96. The van der Waals surface area contributed by atoms with E-state index in [0.717, 1.165) is 19.3 Å². The van der Waals surface area contributed by atoms with Gasteiger partial charge < -0.3 is 14.6 Å². The van der Waals surface area contributed by atoms with Gasteiger partial charge in [0.1, 0.15) is 12.7 Å². The Bertz CT molecular complexity index is 807. The lowest BCUT2D eigenvalue weighted by Gasteiger charge is -2.58. The van der Waals surface area contributed by atoms with E-state index in [1.807, 2.05) is 13.8 Å². The zero-order valence-corrected chi connectivity index (χ0v) is 19.4. The summed E-state index contributed by atoms with van der Waals surface area (Å²) in [6.07, 6.45) is 7.54. The number of ether oxygens (including phenoxy) is 2. The summed E-state index contributed by atoms with van der Waals surface area (Å²) in [6, 6.07) is 0. The second kappa shape index (κ2) is 8.79. The Morgan fingerprint density at radius 2 is 2.00 bits per heavy atom. The number of carbonyl (C=O) groups excluding carboxylic acids is 2. The van der Waals surface area contributed by atoms with Crippen molar-refractivity contribution in [2.45, 2.75) is 79.2 Å². The number of fused-ring (bicyclic) bond motifs is 1. The molecule has 6 heteroatoms. The molecular weight excluding hydrogens is 396 g/mol. The van der Waals surface area contributed by atoms with Crippen LogP contribution in [0.3, 0.4) is 0 Å². The van der Waals surface area contributed by atoms with Gasteiger partial charge in [-0.15, -0.1) is 0 Å². The van der Waals surface area contributed by atoms with E-state index in [1.54, 1.807) is 12.2 Å². The quantitative estimate of drug-likeness (QED) is 0.588. The van der Waals surface area contributed by atoms with E-state index in [2.05, 4.69) is 20.8 Å². The molecule has 3 aliphatic rings. The minimum atomic E-state index is -0.972. The van der Waals surface area contributed by atoms with Crippen molar-refractivity contribution in [2.24, 2.45) is 28.6 Å². The van der Waals surface area contributed by atoms with E-state index in [4.69, 9.17) is 9.47 Å². The lowest BCUT2D eigenvalue weighted by molar-refractivity contribution is -0.169. The van der Waals surface area contributed by atoms with Gasteiger partial charge in [0.25, 0.3) is 0 Å². The molecule has 1 heterocycles. The zero-order valence-electron chi connectivity index (χ0n) is 19.4. The van der Waals surface area contributed by atoms with Gasteiger partial charge in [-0.2, -0.15) is 0 Å². The summed E-state index contributed by atoms with van der Waals surface area (Å²) in [4.78, 5) is 36.9. The van der Waals surface area contributed by atoms with Crippen molar-refractivity contribution in [3.8, 4) is 0 Å². The van der Waals surface area contributed by atoms with Crippen LogP contribution in [-0.2, 0) is 23.9 Å². The number of carboxylic acid groups (broad SMARTS) is 1. The summed E-state index contributed by atoms with van der Waals surface area (Å²) in [5.41, 5.74) is 0.501. The first-order chi connectivity index (χ1) is 14.5. The average Bonchev–Trinajstić information content (AvgIpc) is 3.09. The fourth-order valence-electron chi connectivity index (χ4n) is 6.21. The first-order valence-corrected chi connectivity index (χ1v) is 11.5. The Hall–Kier alpha value is -2.11. The van der Waals surface area contributed by atoms with Gasteiger partial charge in [-0.3, -0.25) is 4.79 Å². The molecule has 1 N–H and O–H groups in total. The molecule has 0 radical (unpaired) electrons. The van der Waals surface area contributed by atoms with E-state index in [9.17, 15) is 19.5 Å². The van der Waals surface area contributed by atoms with Crippen molar-refractivity contribution in [3.63, 3.8) is 0 Å². The minimum absolute atomic E-state index is 0.0133. The van der Waals surface area contributed by atoms with E-state index < -0.39 is 12.1 Å². The summed E-state index contributed by atoms with van der Waals surface area (Å²) >= 11 is 0. The Balaban J connectivity index is 2.00. The standard InChI is InChI=1S/C25H36O6/c1-6-15(2)22(28)31-19-14-17(21(26)27)18(9-8-16-10-13-30-23(16)29)25(5)12-7-11-24(3,4)20(19)25/h10,14-15,18-20H,6-9,11-13H2,1-5H3,(H,26,27)/t15-,18+,19+,20+,25-/m1/s1. The van der Waals surface area contributed by atoms with Crippen molar-refractivity contribution >= 4 is 17.9 Å². The summed E-state index contributed by atoms with van der Waals surface area (Å²) in [5.74, 6) is -1.97. The Morgan fingerprint density at radius 3 is 2.58 bits per heavy atom. The average molecular weight is 433 g/mol. The fourth-order valence-corrected chi connectivity index (χ4v) is 6.21. The van der Waals surface area contributed by atoms with Crippen LogP contribution in [-0.4, -0.2) is 35.7 Å². The third kappa shape index (κ3) is 4.44. The molecule has 2 aliphatic carbocycles. The summed E-state index contributed by atoms with van der Waals surface area (Å²) in [6.45, 7) is 10.6. The molecule has 0 bridgehead atoms. The Morgan fingerprint density at radius 1 is 1.29 bits per heavy atom. The summed E-state index contributed by atoms with van der Waals surface area (Å²) in [5, 5.41) is 10.1. The predicted molar refractivity (Wildman–Crippen MR) is 116 cm³/mol. The van der Waals surface area contributed by atoms with E-state index in [1.165, 1.54) is 0 Å². The van der Waals surface area contributed by atoms with Gasteiger partial charge in [0, 0.05) is 17.1 Å². The van der Waals surface area contributed by atoms with Crippen LogP contribution in [0.25, 0.3) is 0 Å². The molecule has 0 aromatic rings. The normalized spacial score (nSPS) is 32.9. The molecule has 31 heavy (non-hydrogen) atoms. The van der Waals surface area contributed by atoms with Crippen LogP contribution in [0, 0.1) is 28.6 Å². The number of hydrogen-bond acceptors (Lipinski definition) is 5. The van der Waals surface area contributed by atoms with E-state index in [0.29, 0.717) is 37.0 Å². The maximum atomic E-state index is 12.7. The highest BCUT2D eigenvalue weighted by molar-refractivity contribution is 5.90. The van der Waals surface area contributed by atoms with E-state index >= 15 is 0 Å². The highest BCUT2D eigenvalue weighted by Crippen LogP contribution is 2.61. The van der Waals surface area contributed by atoms with Crippen LogP contribution in [0.15, 0.2) is 23.3 Å². The number of cyclic esters (lactones) is 1. The van der Waals surface area contributed by atoms with Crippen LogP contribution >= 0.6 is 0 Å². The second-order valence-electron chi connectivity index (χ2n) is 10.4. The largest absolute Gasteiger partial charge is 0.478 e. The molecule has 5 atom stereocenters. The lowest BCUT2D eigenvalue weighted by atomic mass is 9.47. The van der Waals surface area contributed by atoms with Crippen LogP contribution in [0.5, 0.6) is 0 Å². The molecule has 0 aromatic heterocycles. The minimum Gasteiger partial charge on any atom is -0.478 e.